The molecular weight excluding hydrogens is 685 g/mol. The highest BCUT2D eigenvalue weighted by atomic mass is 32.1. The molecule has 288 valence electrons. The summed E-state index contributed by atoms with van der Waals surface area (Å²) in [5.74, 6) is -3.22. The number of hydrogen-bond acceptors (Lipinski definition) is 10. The van der Waals surface area contributed by atoms with Crippen LogP contribution < -0.4 is 16.4 Å². The number of nitrogen functional groups attached to an aromatic ring is 1. The van der Waals surface area contributed by atoms with E-state index in [1.165, 1.54) is 18.3 Å². The molecule has 3 amide bonds. The monoisotopic (exact) mass is 742 g/mol. The fourth-order valence-corrected chi connectivity index (χ4v) is 7.52. The third-order valence-electron chi connectivity index (χ3n) is 10.1. The number of carbonyl (C=O) groups is 5. The van der Waals surface area contributed by atoms with E-state index in [0.717, 1.165) is 31.4 Å². The first-order chi connectivity index (χ1) is 24.5. The Morgan fingerprint density at radius 1 is 1.08 bits per heavy atom. The number of aliphatic carboxylic acids is 1. The molecule has 13 nitrogen and oxygen atoms in total. The van der Waals surface area contributed by atoms with Crippen molar-refractivity contribution in [3.63, 3.8) is 0 Å². The Bertz CT molecular complexity index is 1520. The Morgan fingerprint density at radius 2 is 1.75 bits per heavy atom. The number of nitrogens with zero attached hydrogens (tertiary/aromatic N) is 3. The molecule has 0 bridgehead atoms. The molecule has 0 aliphatic carbocycles. The number of aromatic nitrogens is 1. The number of ether oxygens (including phenoxy) is 1. The van der Waals surface area contributed by atoms with E-state index in [0.29, 0.717) is 23.5 Å². The van der Waals surface area contributed by atoms with Crippen LogP contribution in [-0.2, 0) is 30.3 Å². The molecule has 5 N–H and O–H groups in total. The average Bonchev–Trinajstić information content (AvgIpc) is 3.59. The minimum absolute atomic E-state index is 0.0576. The van der Waals surface area contributed by atoms with Crippen LogP contribution in [-0.4, -0.2) is 94.4 Å². The van der Waals surface area contributed by atoms with E-state index in [1.807, 2.05) is 51.8 Å². The van der Waals surface area contributed by atoms with Gasteiger partial charge in [0.15, 0.2) is 6.10 Å². The van der Waals surface area contributed by atoms with Crippen LogP contribution >= 0.6 is 11.3 Å². The number of carboxylic acids is 1. The molecule has 14 heteroatoms. The molecule has 0 unspecified atom stereocenters. The molecular formula is C38H58N6O7S. The number of hydrogen-bond donors (Lipinski definition) is 4. The number of rotatable bonds is 18. The number of carbonyl (C=O) groups excluding carboxylic acids is 4. The van der Waals surface area contributed by atoms with Crippen LogP contribution in [0.2, 0.25) is 0 Å². The van der Waals surface area contributed by atoms with Crippen LogP contribution in [0.15, 0.2) is 29.6 Å². The normalized spacial score (nSPS) is 18.4. The van der Waals surface area contributed by atoms with Gasteiger partial charge in [-0.2, -0.15) is 0 Å². The lowest BCUT2D eigenvalue weighted by Crippen LogP contribution is -2.58. The van der Waals surface area contributed by atoms with Crippen LogP contribution in [0.4, 0.5) is 5.69 Å². The van der Waals surface area contributed by atoms with Crippen LogP contribution in [0.3, 0.4) is 0 Å². The summed E-state index contributed by atoms with van der Waals surface area (Å²) >= 11 is 1.17. The van der Waals surface area contributed by atoms with E-state index in [1.54, 1.807) is 36.4 Å². The lowest BCUT2D eigenvalue weighted by Gasteiger charge is -2.38. The number of carboxylic acid groups (broad SMARTS) is 1. The van der Waals surface area contributed by atoms with Gasteiger partial charge in [0.1, 0.15) is 16.7 Å². The van der Waals surface area contributed by atoms with E-state index >= 15 is 0 Å². The van der Waals surface area contributed by atoms with Crippen molar-refractivity contribution in [3.8, 4) is 0 Å². The van der Waals surface area contributed by atoms with Gasteiger partial charge in [0.05, 0.1) is 12.0 Å². The maximum absolute atomic E-state index is 14.2. The second-order valence-corrected chi connectivity index (χ2v) is 15.5. The second-order valence-electron chi connectivity index (χ2n) is 14.6. The minimum atomic E-state index is -0.963. The molecule has 1 saturated heterocycles. The summed E-state index contributed by atoms with van der Waals surface area (Å²) in [6, 6.07) is 5.27. The number of nitrogens with one attached hydrogen (secondary N) is 2. The van der Waals surface area contributed by atoms with Crippen molar-refractivity contribution < 1.29 is 33.8 Å². The smallest absolute Gasteiger partial charge is 0.306 e. The van der Waals surface area contributed by atoms with Crippen LogP contribution in [0.1, 0.15) is 107 Å². The van der Waals surface area contributed by atoms with Crippen LogP contribution in [0, 0.1) is 17.8 Å². The Kier molecular flexibility index (Phi) is 16.1. The van der Waals surface area contributed by atoms with Gasteiger partial charge in [-0.1, -0.05) is 59.6 Å². The zero-order valence-electron chi connectivity index (χ0n) is 31.9. The van der Waals surface area contributed by atoms with E-state index in [9.17, 15) is 29.1 Å². The highest BCUT2D eigenvalue weighted by Crippen LogP contribution is 2.31. The molecule has 2 aromatic rings. The number of amides is 3. The molecule has 1 aromatic carbocycles. The molecule has 0 saturated carbocycles. The molecule has 3 rings (SSSR count). The summed E-state index contributed by atoms with van der Waals surface area (Å²) < 4.78 is 5.76. The van der Waals surface area contributed by atoms with Gasteiger partial charge in [-0.05, 0) is 68.8 Å². The van der Waals surface area contributed by atoms with Crippen molar-refractivity contribution >= 4 is 46.7 Å². The summed E-state index contributed by atoms with van der Waals surface area (Å²) in [7, 11) is 3.65. The van der Waals surface area contributed by atoms with E-state index in [2.05, 4.69) is 15.6 Å². The van der Waals surface area contributed by atoms with Gasteiger partial charge >= 0.3 is 11.9 Å². The maximum Gasteiger partial charge on any atom is 0.306 e. The molecule has 1 aliphatic heterocycles. The van der Waals surface area contributed by atoms with Crippen molar-refractivity contribution in [2.24, 2.45) is 17.8 Å². The van der Waals surface area contributed by atoms with Crippen molar-refractivity contribution in [2.75, 3.05) is 26.4 Å². The minimum Gasteiger partial charge on any atom is -0.481 e. The van der Waals surface area contributed by atoms with Gasteiger partial charge in [-0.3, -0.25) is 28.9 Å². The first-order valence-corrected chi connectivity index (χ1v) is 19.2. The number of likely N-dealkylation sites (tertiary alicyclic amines) is 1. The Balaban J connectivity index is 1.81. The number of likely N-dealkylation sites (N-methyl/N-ethyl adjacent to an activating group) is 2. The number of esters is 1. The zero-order valence-corrected chi connectivity index (χ0v) is 32.7. The SMILES string of the molecule is CC[C@H](C)[C@H](NC(=O)[C@H]1CCCCN1C)C(=O)N(C)[C@H](C[C@@H](OC(C)=O)c1nc(C(=O)N[C@@H](Cc2ccc(N)cc2)C[C@H](C)C(=O)O)cs1)C(C)C. The molecule has 2 heterocycles. The zero-order chi connectivity index (χ0) is 38.7. The first-order valence-electron chi connectivity index (χ1n) is 18.3. The number of thiazole rings is 1. The molecule has 1 fully saturated rings. The summed E-state index contributed by atoms with van der Waals surface area (Å²) in [6.45, 7) is 11.6. The van der Waals surface area contributed by atoms with Gasteiger partial charge in [-0.15, -0.1) is 11.3 Å². The molecule has 7 atom stereocenters. The average molecular weight is 743 g/mol. The third kappa shape index (κ3) is 12.0. The summed E-state index contributed by atoms with van der Waals surface area (Å²) in [5.41, 5.74) is 7.42. The van der Waals surface area contributed by atoms with E-state index in [-0.39, 0.29) is 48.2 Å². The number of benzene rings is 1. The molecule has 1 aliphatic rings. The third-order valence-corrected chi connectivity index (χ3v) is 11.1. The molecule has 52 heavy (non-hydrogen) atoms. The van der Waals surface area contributed by atoms with Gasteiger partial charge < -0.3 is 31.1 Å². The Labute approximate surface area is 312 Å². The molecule has 1 aromatic heterocycles. The lowest BCUT2D eigenvalue weighted by atomic mass is 9.92. The van der Waals surface area contributed by atoms with Gasteiger partial charge in [0.25, 0.3) is 5.91 Å². The second kappa shape index (κ2) is 19.7. The molecule has 0 spiro atoms. The number of nitrogens with two attached hydrogens (primary N) is 1. The molecule has 0 radical (unpaired) electrons. The Morgan fingerprint density at radius 3 is 2.33 bits per heavy atom. The highest BCUT2D eigenvalue weighted by Gasteiger charge is 2.37. The van der Waals surface area contributed by atoms with Crippen molar-refractivity contribution in [2.45, 2.75) is 117 Å². The van der Waals surface area contributed by atoms with Crippen LogP contribution in [0.25, 0.3) is 0 Å². The Hall–Kier alpha value is -4.04. The predicted molar refractivity (Wildman–Crippen MR) is 202 cm³/mol. The van der Waals surface area contributed by atoms with Gasteiger partial charge in [0, 0.05) is 43.5 Å². The lowest BCUT2D eigenvalue weighted by molar-refractivity contribution is -0.149. The van der Waals surface area contributed by atoms with Crippen molar-refractivity contribution in [3.05, 3.63) is 45.9 Å². The summed E-state index contributed by atoms with van der Waals surface area (Å²) in [4.78, 5) is 73.3. The van der Waals surface area contributed by atoms with Gasteiger partial charge in [0.2, 0.25) is 11.8 Å². The maximum atomic E-state index is 14.2. The fourth-order valence-electron chi connectivity index (χ4n) is 6.68. The highest BCUT2D eigenvalue weighted by molar-refractivity contribution is 7.09. The standard InChI is InChI=1S/C38H58N6O7S/c1-9-23(4)33(42-35(47)30-12-10-11-17-43(30)7)37(48)44(8)31(22(2)3)20-32(51-25(6)45)36-41-29(21-52-36)34(46)40-28(18-24(5)38(49)50)19-26-13-15-27(39)16-14-26/h13-16,21-24,28,30-33H,9-12,17-20,39H2,1-8H3,(H,40,46)(H,42,47)(H,49,50)/t23-,24-,28+,30+,31+,32+,33-/m0/s1. The number of piperidine rings is 1. The topological polar surface area (TPSA) is 184 Å². The van der Waals surface area contributed by atoms with Crippen molar-refractivity contribution in [1.29, 1.82) is 0 Å². The largest absolute Gasteiger partial charge is 0.481 e. The van der Waals surface area contributed by atoms with E-state index < -0.39 is 48.0 Å². The summed E-state index contributed by atoms with van der Waals surface area (Å²) in [6.07, 6.45) is 3.40. The number of anilines is 1. The van der Waals surface area contributed by atoms with Crippen LogP contribution in [0.5, 0.6) is 0 Å². The summed E-state index contributed by atoms with van der Waals surface area (Å²) in [5, 5.41) is 17.6. The first kappa shape index (κ1) is 42.4. The van der Waals surface area contributed by atoms with Crippen molar-refractivity contribution in [1.82, 2.24) is 25.4 Å². The fraction of sp³-hybridized carbons (Fsp3) is 0.632. The predicted octanol–water partition coefficient (Wildman–Crippen LogP) is 4.67. The van der Waals surface area contributed by atoms with E-state index in [4.69, 9.17) is 10.5 Å². The quantitative estimate of drug-likeness (QED) is 0.124. The van der Waals surface area contributed by atoms with Gasteiger partial charge in [-0.25, -0.2) is 4.98 Å².